The van der Waals surface area contributed by atoms with E-state index in [0.717, 1.165) is 25.9 Å². The smallest absolute Gasteiger partial charge is 0.315 e. The van der Waals surface area contributed by atoms with Crippen LogP contribution < -0.4 is 10.6 Å². The molecule has 3 rings (SSSR count). The SMILES string of the molecule is CC(CCc1ccccc1)NC(=O)NCC(c1ccccc1)N1CCCC1. The lowest BCUT2D eigenvalue weighted by Gasteiger charge is -2.28. The molecule has 1 heterocycles. The van der Waals surface area contributed by atoms with Crippen LogP contribution in [0, 0.1) is 0 Å². The van der Waals surface area contributed by atoms with Gasteiger partial charge in [0.1, 0.15) is 0 Å². The van der Waals surface area contributed by atoms with Crippen molar-refractivity contribution in [2.75, 3.05) is 19.6 Å². The van der Waals surface area contributed by atoms with Crippen molar-refractivity contribution in [3.8, 4) is 0 Å². The van der Waals surface area contributed by atoms with Crippen molar-refractivity contribution >= 4 is 6.03 Å². The van der Waals surface area contributed by atoms with E-state index in [1.165, 1.54) is 24.0 Å². The number of carbonyl (C=O) groups excluding carboxylic acids is 1. The molecule has 2 unspecified atom stereocenters. The van der Waals surface area contributed by atoms with E-state index in [9.17, 15) is 4.79 Å². The van der Waals surface area contributed by atoms with E-state index in [1.807, 2.05) is 12.1 Å². The van der Waals surface area contributed by atoms with Crippen LogP contribution in [0.3, 0.4) is 0 Å². The molecule has 0 aromatic heterocycles. The predicted octanol–water partition coefficient (Wildman–Crippen LogP) is 4.14. The Labute approximate surface area is 163 Å². The van der Waals surface area contributed by atoms with Gasteiger partial charge >= 0.3 is 6.03 Å². The molecule has 1 fully saturated rings. The van der Waals surface area contributed by atoms with Gasteiger partial charge in [-0.1, -0.05) is 60.7 Å². The molecular weight excluding hydrogens is 334 g/mol. The van der Waals surface area contributed by atoms with Crippen molar-refractivity contribution in [2.45, 2.75) is 44.7 Å². The monoisotopic (exact) mass is 365 g/mol. The van der Waals surface area contributed by atoms with E-state index in [0.29, 0.717) is 6.54 Å². The fraction of sp³-hybridized carbons (Fsp3) is 0.435. The Morgan fingerprint density at radius 3 is 2.30 bits per heavy atom. The number of hydrogen-bond donors (Lipinski definition) is 2. The Bertz CT molecular complexity index is 683. The highest BCUT2D eigenvalue weighted by molar-refractivity contribution is 5.74. The normalized spacial score (nSPS) is 16.6. The Kier molecular flexibility index (Phi) is 7.28. The standard InChI is InChI=1S/C23H31N3O/c1-19(14-15-20-10-4-2-5-11-20)25-23(27)24-18-22(26-16-8-9-17-26)21-12-6-3-7-13-21/h2-7,10-13,19,22H,8-9,14-18H2,1H3,(H2,24,25,27). The summed E-state index contributed by atoms with van der Waals surface area (Å²) in [4.78, 5) is 14.9. The van der Waals surface area contributed by atoms with Crippen LogP contribution in [0.2, 0.25) is 0 Å². The minimum Gasteiger partial charge on any atom is -0.336 e. The van der Waals surface area contributed by atoms with Gasteiger partial charge in [0, 0.05) is 12.6 Å². The molecule has 0 bridgehead atoms. The third kappa shape index (κ3) is 6.10. The maximum absolute atomic E-state index is 12.4. The second-order valence-electron chi connectivity index (χ2n) is 7.45. The summed E-state index contributed by atoms with van der Waals surface area (Å²) in [5.74, 6) is 0. The maximum Gasteiger partial charge on any atom is 0.315 e. The number of nitrogens with zero attached hydrogens (tertiary/aromatic N) is 1. The second-order valence-corrected chi connectivity index (χ2v) is 7.45. The lowest BCUT2D eigenvalue weighted by molar-refractivity contribution is 0.218. The van der Waals surface area contributed by atoms with Crippen LogP contribution in [-0.4, -0.2) is 36.6 Å². The molecule has 144 valence electrons. The summed E-state index contributed by atoms with van der Waals surface area (Å²) in [7, 11) is 0. The third-order valence-corrected chi connectivity index (χ3v) is 5.31. The minimum absolute atomic E-state index is 0.0734. The van der Waals surface area contributed by atoms with Gasteiger partial charge in [0.05, 0.1) is 6.04 Å². The average molecular weight is 366 g/mol. The van der Waals surface area contributed by atoms with E-state index in [1.54, 1.807) is 0 Å². The van der Waals surface area contributed by atoms with Crippen molar-refractivity contribution < 1.29 is 4.79 Å². The van der Waals surface area contributed by atoms with E-state index >= 15 is 0 Å². The minimum atomic E-state index is -0.0734. The van der Waals surface area contributed by atoms with E-state index < -0.39 is 0 Å². The zero-order valence-electron chi connectivity index (χ0n) is 16.2. The highest BCUT2D eigenvalue weighted by Gasteiger charge is 2.23. The van der Waals surface area contributed by atoms with E-state index in [4.69, 9.17) is 0 Å². The van der Waals surface area contributed by atoms with Gasteiger partial charge in [0.2, 0.25) is 0 Å². The summed E-state index contributed by atoms with van der Waals surface area (Å²) in [6.07, 6.45) is 4.40. The number of rotatable bonds is 8. The zero-order chi connectivity index (χ0) is 18.9. The third-order valence-electron chi connectivity index (χ3n) is 5.31. The molecule has 1 aliphatic heterocycles. The van der Waals surface area contributed by atoms with Gasteiger partial charge in [-0.05, 0) is 56.8 Å². The number of urea groups is 1. The number of aryl methyl sites for hydroxylation is 1. The Hall–Kier alpha value is -2.33. The number of benzene rings is 2. The first kappa shape index (κ1) is 19.4. The summed E-state index contributed by atoms with van der Waals surface area (Å²) in [6, 6.07) is 21.2. The van der Waals surface area contributed by atoms with Gasteiger partial charge in [-0.3, -0.25) is 4.90 Å². The molecule has 4 nitrogen and oxygen atoms in total. The predicted molar refractivity (Wildman–Crippen MR) is 111 cm³/mol. The van der Waals surface area contributed by atoms with Crippen molar-refractivity contribution in [1.82, 2.24) is 15.5 Å². The lowest BCUT2D eigenvalue weighted by Crippen LogP contribution is -2.44. The maximum atomic E-state index is 12.4. The summed E-state index contributed by atoms with van der Waals surface area (Å²) >= 11 is 0. The first-order chi connectivity index (χ1) is 13.2. The Balaban J connectivity index is 1.47. The number of nitrogens with one attached hydrogen (secondary N) is 2. The second kappa shape index (κ2) is 10.1. The van der Waals surface area contributed by atoms with Crippen molar-refractivity contribution in [3.05, 3.63) is 71.8 Å². The average Bonchev–Trinajstić information content (AvgIpc) is 3.23. The van der Waals surface area contributed by atoms with Crippen molar-refractivity contribution in [3.63, 3.8) is 0 Å². The quantitative estimate of drug-likeness (QED) is 0.738. The van der Waals surface area contributed by atoms with Gasteiger partial charge in [0.25, 0.3) is 0 Å². The summed E-state index contributed by atoms with van der Waals surface area (Å²) in [5.41, 5.74) is 2.58. The molecule has 2 amide bonds. The molecule has 27 heavy (non-hydrogen) atoms. The molecule has 2 aromatic carbocycles. The number of hydrogen-bond acceptors (Lipinski definition) is 2. The summed E-state index contributed by atoms with van der Waals surface area (Å²) in [5, 5.41) is 6.17. The molecule has 4 heteroatoms. The van der Waals surface area contributed by atoms with Crippen LogP contribution in [0.1, 0.15) is 43.4 Å². The molecule has 0 aliphatic carbocycles. The molecule has 1 aliphatic rings. The molecule has 1 saturated heterocycles. The van der Waals surface area contributed by atoms with E-state index in [2.05, 4.69) is 71.0 Å². The topological polar surface area (TPSA) is 44.4 Å². The molecule has 2 aromatic rings. The van der Waals surface area contributed by atoms with Crippen molar-refractivity contribution in [1.29, 1.82) is 0 Å². The van der Waals surface area contributed by atoms with Crippen LogP contribution in [0.15, 0.2) is 60.7 Å². The molecule has 0 saturated carbocycles. The van der Waals surface area contributed by atoms with Gasteiger partial charge < -0.3 is 10.6 Å². The molecular formula is C23H31N3O. The van der Waals surface area contributed by atoms with Crippen LogP contribution in [0.25, 0.3) is 0 Å². The summed E-state index contributed by atoms with van der Waals surface area (Å²) < 4.78 is 0. The molecule has 2 N–H and O–H groups in total. The van der Waals surface area contributed by atoms with Gasteiger partial charge in [-0.25, -0.2) is 4.79 Å². The first-order valence-electron chi connectivity index (χ1n) is 10.1. The highest BCUT2D eigenvalue weighted by atomic mass is 16.2. The summed E-state index contributed by atoms with van der Waals surface area (Å²) in [6.45, 7) is 4.92. The fourth-order valence-electron chi connectivity index (χ4n) is 3.75. The Morgan fingerprint density at radius 2 is 1.63 bits per heavy atom. The molecule has 2 atom stereocenters. The van der Waals surface area contributed by atoms with Crippen LogP contribution in [0.5, 0.6) is 0 Å². The molecule has 0 spiro atoms. The molecule has 0 radical (unpaired) electrons. The number of likely N-dealkylation sites (tertiary alicyclic amines) is 1. The number of carbonyl (C=O) groups is 1. The fourth-order valence-corrected chi connectivity index (χ4v) is 3.75. The van der Waals surface area contributed by atoms with Gasteiger partial charge in [-0.15, -0.1) is 0 Å². The van der Waals surface area contributed by atoms with Crippen molar-refractivity contribution in [2.24, 2.45) is 0 Å². The van der Waals surface area contributed by atoms with Crippen LogP contribution in [0.4, 0.5) is 4.79 Å². The Morgan fingerprint density at radius 1 is 1.00 bits per heavy atom. The van der Waals surface area contributed by atoms with E-state index in [-0.39, 0.29) is 18.1 Å². The lowest BCUT2D eigenvalue weighted by atomic mass is 10.1. The van der Waals surface area contributed by atoms with Crippen LogP contribution >= 0.6 is 0 Å². The van der Waals surface area contributed by atoms with Gasteiger partial charge in [0.15, 0.2) is 0 Å². The zero-order valence-corrected chi connectivity index (χ0v) is 16.2. The largest absolute Gasteiger partial charge is 0.336 e. The van der Waals surface area contributed by atoms with Gasteiger partial charge in [-0.2, -0.15) is 0 Å². The first-order valence-corrected chi connectivity index (χ1v) is 10.1. The number of amides is 2. The van der Waals surface area contributed by atoms with Crippen LogP contribution in [-0.2, 0) is 6.42 Å². The highest BCUT2D eigenvalue weighted by Crippen LogP contribution is 2.24.